The van der Waals surface area contributed by atoms with Crippen molar-refractivity contribution < 1.29 is 22.4 Å². The van der Waals surface area contributed by atoms with Crippen LogP contribution >= 0.6 is 0 Å². The molecule has 0 heterocycles. The van der Waals surface area contributed by atoms with Crippen LogP contribution in [-0.2, 0) is 32.6 Å². The molecular weight excluding hydrogens is 614 g/mol. The van der Waals surface area contributed by atoms with E-state index in [1.165, 1.54) is 29.2 Å². The first-order chi connectivity index (χ1) is 22.5. The Balaban J connectivity index is 1.57. The third-order valence-corrected chi connectivity index (χ3v) is 10.7. The van der Waals surface area contributed by atoms with E-state index in [-0.39, 0.29) is 29.8 Å². The van der Waals surface area contributed by atoms with Crippen molar-refractivity contribution in [3.05, 3.63) is 131 Å². The molecule has 0 radical (unpaired) electrons. The predicted molar refractivity (Wildman–Crippen MR) is 183 cm³/mol. The monoisotopic (exact) mass is 655 g/mol. The second-order valence-corrected chi connectivity index (χ2v) is 14.3. The molecule has 1 atom stereocenters. The molecule has 1 aliphatic carbocycles. The van der Waals surface area contributed by atoms with Crippen molar-refractivity contribution >= 4 is 27.5 Å². The van der Waals surface area contributed by atoms with E-state index in [9.17, 15) is 22.4 Å². The number of anilines is 1. The Morgan fingerprint density at radius 1 is 0.830 bits per heavy atom. The molecule has 246 valence electrons. The largest absolute Gasteiger partial charge is 0.352 e. The van der Waals surface area contributed by atoms with E-state index in [0.717, 1.165) is 52.2 Å². The quantitative estimate of drug-likeness (QED) is 0.185. The summed E-state index contributed by atoms with van der Waals surface area (Å²) in [5.41, 5.74) is 4.58. The number of nitrogens with zero attached hydrogens (tertiary/aromatic N) is 2. The van der Waals surface area contributed by atoms with E-state index in [1.807, 2.05) is 57.2 Å². The van der Waals surface area contributed by atoms with Gasteiger partial charge in [0.15, 0.2) is 0 Å². The minimum Gasteiger partial charge on any atom is -0.352 e. The van der Waals surface area contributed by atoms with Gasteiger partial charge in [-0.05, 0) is 92.3 Å². The zero-order chi connectivity index (χ0) is 33.6. The topological polar surface area (TPSA) is 86.8 Å². The van der Waals surface area contributed by atoms with Gasteiger partial charge in [0.2, 0.25) is 11.8 Å². The maximum Gasteiger partial charge on any atom is 0.264 e. The van der Waals surface area contributed by atoms with Crippen molar-refractivity contribution in [2.24, 2.45) is 0 Å². The van der Waals surface area contributed by atoms with Crippen molar-refractivity contribution in [1.82, 2.24) is 10.2 Å². The average molecular weight is 656 g/mol. The van der Waals surface area contributed by atoms with Gasteiger partial charge < -0.3 is 10.2 Å². The van der Waals surface area contributed by atoms with E-state index in [1.54, 1.807) is 36.4 Å². The third-order valence-electron chi connectivity index (χ3n) is 8.91. The normalized spacial score (nSPS) is 14.0. The van der Waals surface area contributed by atoms with Gasteiger partial charge in [0.25, 0.3) is 10.0 Å². The van der Waals surface area contributed by atoms with Crippen molar-refractivity contribution in [2.45, 2.75) is 76.4 Å². The van der Waals surface area contributed by atoms with E-state index >= 15 is 0 Å². The minimum atomic E-state index is -4.20. The summed E-state index contributed by atoms with van der Waals surface area (Å²) in [5, 5.41) is 3.16. The molecule has 5 rings (SSSR count). The summed E-state index contributed by atoms with van der Waals surface area (Å²) in [6, 6.07) is 26.1. The van der Waals surface area contributed by atoms with Crippen molar-refractivity contribution in [2.75, 3.05) is 10.8 Å². The summed E-state index contributed by atoms with van der Waals surface area (Å²) in [4.78, 5) is 30.2. The number of nitrogens with one attached hydrogen (secondary N) is 1. The highest BCUT2D eigenvalue weighted by Crippen LogP contribution is 2.27. The molecule has 47 heavy (non-hydrogen) atoms. The van der Waals surface area contributed by atoms with E-state index < -0.39 is 34.3 Å². The first kappa shape index (κ1) is 33.9. The van der Waals surface area contributed by atoms with E-state index in [2.05, 4.69) is 5.32 Å². The molecule has 0 unspecified atom stereocenters. The van der Waals surface area contributed by atoms with Gasteiger partial charge >= 0.3 is 0 Å². The predicted octanol–water partition coefficient (Wildman–Crippen LogP) is 6.65. The Kier molecular flexibility index (Phi) is 10.8. The lowest BCUT2D eigenvalue weighted by Gasteiger charge is -2.34. The average Bonchev–Trinajstić information content (AvgIpc) is 3.57. The van der Waals surface area contributed by atoms with Crippen LogP contribution in [0.4, 0.5) is 10.1 Å². The van der Waals surface area contributed by atoms with Crippen LogP contribution < -0.4 is 9.62 Å². The molecule has 1 aliphatic rings. The molecule has 0 spiro atoms. The molecule has 2 amide bonds. The molecule has 1 N–H and O–H groups in total. The number of carbonyl (C=O) groups is 2. The summed E-state index contributed by atoms with van der Waals surface area (Å²) >= 11 is 0. The van der Waals surface area contributed by atoms with Crippen LogP contribution in [0, 0.1) is 26.6 Å². The van der Waals surface area contributed by atoms with Crippen LogP contribution in [0.5, 0.6) is 0 Å². The van der Waals surface area contributed by atoms with Crippen LogP contribution in [0.15, 0.2) is 102 Å². The van der Waals surface area contributed by atoms with Gasteiger partial charge in [-0.3, -0.25) is 13.9 Å². The Hall–Kier alpha value is -4.50. The summed E-state index contributed by atoms with van der Waals surface area (Å²) < 4.78 is 43.5. The maximum absolute atomic E-state index is 14.6. The first-order valence-corrected chi connectivity index (χ1v) is 17.5. The number of amides is 2. The number of rotatable bonds is 12. The molecule has 0 aromatic heterocycles. The van der Waals surface area contributed by atoms with Gasteiger partial charge in [0, 0.05) is 19.0 Å². The highest BCUT2D eigenvalue weighted by molar-refractivity contribution is 7.92. The van der Waals surface area contributed by atoms with Gasteiger partial charge in [-0.1, -0.05) is 79.1 Å². The lowest BCUT2D eigenvalue weighted by molar-refractivity contribution is -0.140. The number of carbonyl (C=O) groups excluding carboxylic acids is 2. The molecule has 0 bridgehead atoms. The molecule has 4 aromatic rings. The second kappa shape index (κ2) is 14.9. The Morgan fingerprint density at radius 3 is 2.13 bits per heavy atom. The molecule has 0 aliphatic heterocycles. The number of aryl methyl sites for hydroxylation is 3. The van der Waals surface area contributed by atoms with Gasteiger partial charge in [-0.2, -0.15) is 0 Å². The highest BCUT2D eigenvalue weighted by atomic mass is 32.2. The van der Waals surface area contributed by atoms with Gasteiger partial charge in [0.1, 0.15) is 18.4 Å². The van der Waals surface area contributed by atoms with Gasteiger partial charge in [-0.15, -0.1) is 0 Å². The SMILES string of the molecule is Cc1ccc(S(=O)(=O)N(CC(=O)N(Cc2ccc(F)cc2)[C@H](Cc2ccccc2)C(=O)NC2CCCC2)c2ccc(C)c(C)c2)cc1. The lowest BCUT2D eigenvalue weighted by atomic mass is 10.0. The van der Waals surface area contributed by atoms with E-state index in [4.69, 9.17) is 0 Å². The first-order valence-electron chi connectivity index (χ1n) is 16.1. The summed E-state index contributed by atoms with van der Waals surface area (Å²) in [5.74, 6) is -1.27. The lowest BCUT2D eigenvalue weighted by Crippen LogP contribution is -2.54. The summed E-state index contributed by atoms with van der Waals surface area (Å²) in [6.45, 7) is 5.14. The summed E-state index contributed by atoms with van der Waals surface area (Å²) in [7, 11) is -4.20. The van der Waals surface area contributed by atoms with E-state index in [0.29, 0.717) is 11.3 Å². The number of benzene rings is 4. The zero-order valence-electron chi connectivity index (χ0n) is 27.2. The van der Waals surface area contributed by atoms with Crippen molar-refractivity contribution in [1.29, 1.82) is 0 Å². The maximum atomic E-state index is 14.6. The second-order valence-electron chi connectivity index (χ2n) is 12.4. The van der Waals surface area contributed by atoms with Gasteiger partial charge in [0.05, 0.1) is 10.6 Å². The Morgan fingerprint density at radius 2 is 1.49 bits per heavy atom. The minimum absolute atomic E-state index is 0.0116. The standard InChI is InChI=1S/C38H42FN3O4S/c1-27-13-21-35(22-14-27)47(45,46)42(34-20-15-28(2)29(3)23-34)26-37(43)41(25-31-16-18-32(39)19-17-31)36(24-30-9-5-4-6-10-30)38(44)40-33-11-7-8-12-33/h4-6,9-10,13-23,33,36H,7-8,11-12,24-26H2,1-3H3,(H,40,44)/t36-/m1/s1. The number of hydrogen-bond donors (Lipinski definition) is 1. The third kappa shape index (κ3) is 8.46. The molecule has 9 heteroatoms. The number of halogens is 1. The fourth-order valence-corrected chi connectivity index (χ4v) is 7.36. The Bertz CT molecular complexity index is 1790. The van der Waals surface area contributed by atoms with Crippen molar-refractivity contribution in [3.8, 4) is 0 Å². The number of hydrogen-bond acceptors (Lipinski definition) is 4. The van der Waals surface area contributed by atoms with Gasteiger partial charge in [-0.25, -0.2) is 12.8 Å². The smallest absolute Gasteiger partial charge is 0.264 e. The van der Waals surface area contributed by atoms with Crippen LogP contribution in [0.3, 0.4) is 0 Å². The highest BCUT2D eigenvalue weighted by Gasteiger charge is 2.35. The molecule has 1 fully saturated rings. The molecule has 0 saturated heterocycles. The van der Waals surface area contributed by atoms with Crippen molar-refractivity contribution in [3.63, 3.8) is 0 Å². The van der Waals surface area contributed by atoms with Crippen LogP contribution in [0.2, 0.25) is 0 Å². The molecule has 7 nitrogen and oxygen atoms in total. The molecule has 1 saturated carbocycles. The number of sulfonamides is 1. The summed E-state index contributed by atoms with van der Waals surface area (Å²) in [6.07, 6.45) is 4.00. The molecule has 4 aromatic carbocycles. The van der Waals surface area contributed by atoms with Crippen LogP contribution in [0.25, 0.3) is 0 Å². The molecular formula is C38H42FN3O4S. The fraction of sp³-hybridized carbons (Fsp3) is 0.316. The zero-order valence-corrected chi connectivity index (χ0v) is 28.0. The van der Waals surface area contributed by atoms with Crippen LogP contribution in [-0.4, -0.2) is 43.8 Å². The van der Waals surface area contributed by atoms with Crippen LogP contribution in [0.1, 0.15) is 53.5 Å². The fourth-order valence-electron chi connectivity index (χ4n) is 5.95. The Labute approximate surface area is 277 Å².